The topological polar surface area (TPSA) is 118 Å². The highest BCUT2D eigenvalue weighted by atomic mass is 19.1. The zero-order valence-corrected chi connectivity index (χ0v) is 20.3. The summed E-state index contributed by atoms with van der Waals surface area (Å²) >= 11 is 0. The Kier molecular flexibility index (Phi) is 7.36. The number of methoxy groups -OCH3 is 1. The molecule has 0 radical (unpaired) electrons. The summed E-state index contributed by atoms with van der Waals surface area (Å²) in [6.45, 7) is 8.04. The number of rotatable bonds is 9. The quantitative estimate of drug-likeness (QED) is 0.497. The highest BCUT2D eigenvalue weighted by Crippen LogP contribution is 2.24. The van der Waals surface area contributed by atoms with Crippen molar-refractivity contribution in [2.24, 2.45) is 0 Å². The van der Waals surface area contributed by atoms with Gasteiger partial charge in [0.2, 0.25) is 11.9 Å². The molecule has 4 heterocycles. The number of halogens is 1. The molecular formula is C22H35FN8O3. The SMILES string of the molecule is COC[C@H](C)Nc1nc(NC2CCN(C(=O)OCC3(F)CNC3)CC2)n2ncc(C(C)C)c2n1. The summed E-state index contributed by atoms with van der Waals surface area (Å²) in [5, 5.41) is 14.2. The number of carbonyl (C=O) groups is 1. The fourth-order valence-corrected chi connectivity index (χ4v) is 4.14. The first-order chi connectivity index (χ1) is 16.3. The number of hydrogen-bond acceptors (Lipinski definition) is 9. The van der Waals surface area contributed by atoms with Crippen LogP contribution in [-0.4, -0.2) is 94.8 Å². The lowest BCUT2D eigenvalue weighted by atomic mass is 10.0. The van der Waals surface area contributed by atoms with E-state index in [0.29, 0.717) is 44.4 Å². The summed E-state index contributed by atoms with van der Waals surface area (Å²) in [6.07, 6.45) is 2.80. The molecule has 0 aromatic carbocycles. The second-order valence-corrected chi connectivity index (χ2v) is 9.58. The van der Waals surface area contributed by atoms with Gasteiger partial charge in [-0.05, 0) is 25.7 Å². The Hall–Kier alpha value is -2.73. The molecule has 2 saturated heterocycles. The maximum Gasteiger partial charge on any atom is 0.409 e. The van der Waals surface area contributed by atoms with Crippen LogP contribution in [0.3, 0.4) is 0 Å². The third kappa shape index (κ3) is 5.49. The normalized spacial score (nSPS) is 19.2. The van der Waals surface area contributed by atoms with E-state index in [1.807, 2.05) is 13.1 Å². The number of anilines is 2. The van der Waals surface area contributed by atoms with Gasteiger partial charge in [-0.25, -0.2) is 9.18 Å². The van der Waals surface area contributed by atoms with Crippen LogP contribution in [0.4, 0.5) is 21.1 Å². The van der Waals surface area contributed by atoms with E-state index in [1.165, 1.54) is 0 Å². The summed E-state index contributed by atoms with van der Waals surface area (Å²) in [7, 11) is 1.66. The summed E-state index contributed by atoms with van der Waals surface area (Å²) in [5.41, 5.74) is 0.364. The minimum absolute atomic E-state index is 0.0409. The van der Waals surface area contributed by atoms with Crippen molar-refractivity contribution in [3.05, 3.63) is 11.8 Å². The van der Waals surface area contributed by atoms with Gasteiger partial charge in [-0.2, -0.15) is 19.6 Å². The van der Waals surface area contributed by atoms with Crippen LogP contribution in [-0.2, 0) is 9.47 Å². The summed E-state index contributed by atoms with van der Waals surface area (Å²) < 4.78 is 26.2. The summed E-state index contributed by atoms with van der Waals surface area (Å²) in [5.74, 6) is 1.37. The molecule has 2 fully saturated rings. The number of alkyl halides is 1. The molecule has 0 bridgehead atoms. The molecule has 4 rings (SSSR count). The molecular weight excluding hydrogens is 443 g/mol. The smallest absolute Gasteiger partial charge is 0.409 e. The van der Waals surface area contributed by atoms with E-state index in [9.17, 15) is 9.18 Å². The van der Waals surface area contributed by atoms with Gasteiger partial charge in [0.15, 0.2) is 11.3 Å². The van der Waals surface area contributed by atoms with E-state index in [2.05, 4.69) is 39.9 Å². The molecule has 34 heavy (non-hydrogen) atoms. The highest BCUT2D eigenvalue weighted by molar-refractivity contribution is 5.68. The molecule has 0 aliphatic carbocycles. The molecule has 1 atom stereocenters. The van der Waals surface area contributed by atoms with Crippen molar-refractivity contribution in [2.45, 2.75) is 57.3 Å². The number of likely N-dealkylation sites (tertiary alicyclic amines) is 1. The molecule has 11 nitrogen and oxygen atoms in total. The van der Waals surface area contributed by atoms with Gasteiger partial charge < -0.3 is 30.3 Å². The molecule has 2 aliphatic rings. The second kappa shape index (κ2) is 10.3. The number of hydrogen-bond donors (Lipinski definition) is 3. The van der Waals surface area contributed by atoms with Crippen LogP contribution in [0.25, 0.3) is 5.65 Å². The lowest BCUT2D eigenvalue weighted by Gasteiger charge is -2.36. The van der Waals surface area contributed by atoms with Crippen LogP contribution in [0, 0.1) is 0 Å². The lowest BCUT2D eigenvalue weighted by Crippen LogP contribution is -2.59. The number of piperidine rings is 1. The number of nitrogens with one attached hydrogen (secondary N) is 3. The molecule has 2 aliphatic heterocycles. The highest BCUT2D eigenvalue weighted by Gasteiger charge is 2.39. The van der Waals surface area contributed by atoms with Gasteiger partial charge in [0.05, 0.1) is 12.8 Å². The zero-order chi connectivity index (χ0) is 24.3. The average molecular weight is 479 g/mol. The van der Waals surface area contributed by atoms with Crippen molar-refractivity contribution in [2.75, 3.05) is 57.1 Å². The molecule has 3 N–H and O–H groups in total. The predicted molar refractivity (Wildman–Crippen MR) is 126 cm³/mol. The molecule has 0 spiro atoms. The Morgan fingerprint density at radius 2 is 2.03 bits per heavy atom. The Labute approximate surface area is 198 Å². The standard InChI is InChI=1S/C22H35FN8O3/c1-14(2)17-9-25-31-18(17)28-19(26-15(3)10-33-4)29-20(31)27-16-5-7-30(8-6-16)21(32)34-13-22(23)11-24-12-22/h9,14-16,24H,5-8,10-13H2,1-4H3,(H2,26,27,28,29)/t15-/m0/s1. The summed E-state index contributed by atoms with van der Waals surface area (Å²) in [6, 6.07) is 0.139. The minimum Gasteiger partial charge on any atom is -0.446 e. The van der Waals surface area contributed by atoms with Crippen LogP contribution >= 0.6 is 0 Å². The number of amides is 1. The van der Waals surface area contributed by atoms with Crippen LogP contribution in [0.5, 0.6) is 0 Å². The van der Waals surface area contributed by atoms with E-state index >= 15 is 0 Å². The van der Waals surface area contributed by atoms with Gasteiger partial charge in [0.25, 0.3) is 0 Å². The molecule has 0 unspecified atom stereocenters. The molecule has 12 heteroatoms. The fraction of sp³-hybridized carbons (Fsp3) is 0.727. The van der Waals surface area contributed by atoms with E-state index in [-0.39, 0.29) is 37.7 Å². The van der Waals surface area contributed by atoms with Crippen molar-refractivity contribution < 1.29 is 18.7 Å². The van der Waals surface area contributed by atoms with Gasteiger partial charge >= 0.3 is 6.09 Å². The number of carbonyl (C=O) groups excluding carboxylic acids is 1. The predicted octanol–water partition coefficient (Wildman–Crippen LogP) is 2.02. The Morgan fingerprint density at radius 3 is 2.65 bits per heavy atom. The fourth-order valence-electron chi connectivity index (χ4n) is 4.14. The van der Waals surface area contributed by atoms with Gasteiger partial charge in [0.1, 0.15) is 6.61 Å². The minimum atomic E-state index is -1.43. The molecule has 188 valence electrons. The van der Waals surface area contributed by atoms with Gasteiger partial charge in [-0.15, -0.1) is 0 Å². The number of fused-ring (bicyclic) bond motifs is 1. The third-order valence-corrected chi connectivity index (χ3v) is 6.23. The number of ether oxygens (including phenoxy) is 2. The maximum atomic E-state index is 14.1. The zero-order valence-electron chi connectivity index (χ0n) is 20.3. The first-order valence-electron chi connectivity index (χ1n) is 11.9. The Morgan fingerprint density at radius 1 is 1.29 bits per heavy atom. The average Bonchev–Trinajstić information content (AvgIpc) is 3.21. The van der Waals surface area contributed by atoms with Crippen molar-refractivity contribution >= 4 is 23.6 Å². The van der Waals surface area contributed by atoms with E-state index < -0.39 is 11.8 Å². The molecule has 1 amide bonds. The van der Waals surface area contributed by atoms with E-state index in [0.717, 1.165) is 11.2 Å². The lowest BCUT2D eigenvalue weighted by molar-refractivity contribution is -0.00162. The largest absolute Gasteiger partial charge is 0.446 e. The monoisotopic (exact) mass is 478 g/mol. The second-order valence-electron chi connectivity index (χ2n) is 9.58. The van der Waals surface area contributed by atoms with Gasteiger partial charge in [-0.3, -0.25) is 0 Å². The number of nitrogens with zero attached hydrogens (tertiary/aromatic N) is 5. The van der Waals surface area contributed by atoms with Crippen LogP contribution in [0.1, 0.15) is 45.1 Å². The Bertz CT molecular complexity index is 988. The van der Waals surface area contributed by atoms with E-state index in [1.54, 1.807) is 16.5 Å². The van der Waals surface area contributed by atoms with Crippen molar-refractivity contribution in [3.8, 4) is 0 Å². The van der Waals surface area contributed by atoms with Gasteiger partial charge in [0, 0.05) is 50.9 Å². The van der Waals surface area contributed by atoms with Crippen LogP contribution < -0.4 is 16.0 Å². The van der Waals surface area contributed by atoms with Crippen LogP contribution in [0.15, 0.2) is 6.20 Å². The molecule has 2 aromatic rings. The van der Waals surface area contributed by atoms with Crippen molar-refractivity contribution in [1.82, 2.24) is 29.8 Å². The number of aromatic nitrogens is 4. The molecule has 0 saturated carbocycles. The third-order valence-electron chi connectivity index (χ3n) is 6.23. The first kappa shape index (κ1) is 24.4. The molecule has 2 aromatic heterocycles. The van der Waals surface area contributed by atoms with Crippen LogP contribution in [0.2, 0.25) is 0 Å². The van der Waals surface area contributed by atoms with Crippen molar-refractivity contribution in [1.29, 1.82) is 0 Å². The van der Waals surface area contributed by atoms with Gasteiger partial charge in [-0.1, -0.05) is 13.8 Å². The first-order valence-corrected chi connectivity index (χ1v) is 11.9. The van der Waals surface area contributed by atoms with E-state index in [4.69, 9.17) is 14.5 Å². The van der Waals surface area contributed by atoms with Crippen molar-refractivity contribution in [3.63, 3.8) is 0 Å². The Balaban J connectivity index is 1.41. The maximum absolute atomic E-state index is 14.1. The summed E-state index contributed by atoms with van der Waals surface area (Å²) in [4.78, 5) is 23.3.